The first-order chi connectivity index (χ1) is 8.33. The summed E-state index contributed by atoms with van der Waals surface area (Å²) in [5.74, 6) is 1.50. The van der Waals surface area contributed by atoms with Gasteiger partial charge in [-0.05, 0) is 40.1 Å². The molecule has 2 nitrogen and oxygen atoms in total. The molecule has 0 radical (unpaired) electrons. The third kappa shape index (κ3) is 2.88. The van der Waals surface area contributed by atoms with Crippen LogP contribution in [0.4, 0.5) is 0 Å². The van der Waals surface area contributed by atoms with Crippen molar-refractivity contribution in [2.45, 2.75) is 0 Å². The van der Waals surface area contributed by atoms with E-state index >= 15 is 0 Å². The molecule has 0 fully saturated rings. The van der Waals surface area contributed by atoms with Gasteiger partial charge in [-0.2, -0.15) is 11.3 Å². The lowest BCUT2D eigenvalue weighted by atomic mass is 10.1. The van der Waals surface area contributed by atoms with Gasteiger partial charge in [-0.1, -0.05) is 18.2 Å². The summed E-state index contributed by atoms with van der Waals surface area (Å²) >= 11 is 1.69. The fraction of sp³-hybridized carbons (Fsp3) is 0.143. The predicted molar refractivity (Wildman–Crippen MR) is 72.8 cm³/mol. The molecule has 0 N–H and O–H groups in total. The minimum atomic E-state index is 0.750. The maximum atomic E-state index is 5.26. The van der Waals surface area contributed by atoms with E-state index in [2.05, 4.69) is 29.0 Å². The summed E-state index contributed by atoms with van der Waals surface area (Å²) in [6.07, 6.45) is 4.14. The van der Waals surface area contributed by atoms with Crippen molar-refractivity contribution >= 4 is 23.5 Å². The zero-order chi connectivity index (χ0) is 12.1. The lowest BCUT2D eigenvalue weighted by Gasteiger charge is -2.07. The van der Waals surface area contributed by atoms with Gasteiger partial charge in [-0.3, -0.25) is 0 Å². The normalized spacial score (nSPS) is 10.7. The number of ether oxygens (including phenoxy) is 2. The SMILES string of the molecule is COc1ccc(/C=C/c2ccsc2)cc1OC. The summed E-state index contributed by atoms with van der Waals surface area (Å²) in [4.78, 5) is 0. The molecule has 0 saturated heterocycles. The van der Waals surface area contributed by atoms with Crippen LogP contribution < -0.4 is 9.47 Å². The Hall–Kier alpha value is -1.74. The maximum absolute atomic E-state index is 5.26. The summed E-state index contributed by atoms with van der Waals surface area (Å²) < 4.78 is 10.5. The largest absolute Gasteiger partial charge is 0.493 e. The van der Waals surface area contributed by atoms with Gasteiger partial charge in [0.05, 0.1) is 14.2 Å². The summed E-state index contributed by atoms with van der Waals surface area (Å²) in [5, 5.41) is 4.17. The van der Waals surface area contributed by atoms with Crippen molar-refractivity contribution in [3.8, 4) is 11.5 Å². The van der Waals surface area contributed by atoms with Gasteiger partial charge in [0.25, 0.3) is 0 Å². The molecule has 0 spiro atoms. The van der Waals surface area contributed by atoms with Gasteiger partial charge in [-0.25, -0.2) is 0 Å². The van der Waals surface area contributed by atoms with Crippen LogP contribution >= 0.6 is 11.3 Å². The highest BCUT2D eigenvalue weighted by Gasteiger charge is 2.02. The van der Waals surface area contributed by atoms with E-state index in [9.17, 15) is 0 Å². The highest BCUT2D eigenvalue weighted by molar-refractivity contribution is 7.08. The second kappa shape index (κ2) is 5.55. The monoisotopic (exact) mass is 246 g/mol. The van der Waals surface area contributed by atoms with E-state index in [-0.39, 0.29) is 0 Å². The summed E-state index contributed by atoms with van der Waals surface area (Å²) in [7, 11) is 3.28. The van der Waals surface area contributed by atoms with Crippen molar-refractivity contribution in [2.24, 2.45) is 0 Å². The number of rotatable bonds is 4. The molecule has 17 heavy (non-hydrogen) atoms. The van der Waals surface area contributed by atoms with E-state index in [1.807, 2.05) is 18.2 Å². The Balaban J connectivity index is 2.22. The van der Waals surface area contributed by atoms with E-state index < -0.39 is 0 Å². The highest BCUT2D eigenvalue weighted by Crippen LogP contribution is 2.28. The summed E-state index contributed by atoms with van der Waals surface area (Å²) in [6.45, 7) is 0. The van der Waals surface area contributed by atoms with Crippen molar-refractivity contribution in [3.63, 3.8) is 0 Å². The average molecular weight is 246 g/mol. The number of hydrogen-bond acceptors (Lipinski definition) is 3. The number of methoxy groups -OCH3 is 2. The van der Waals surface area contributed by atoms with Gasteiger partial charge in [0.2, 0.25) is 0 Å². The summed E-state index contributed by atoms with van der Waals surface area (Å²) in [6, 6.07) is 7.96. The first-order valence-corrected chi connectivity index (χ1v) is 6.20. The molecule has 0 atom stereocenters. The van der Waals surface area contributed by atoms with Gasteiger partial charge < -0.3 is 9.47 Å². The fourth-order valence-corrected chi connectivity index (χ4v) is 2.15. The quantitative estimate of drug-likeness (QED) is 0.813. The second-order valence-corrected chi connectivity index (χ2v) is 4.28. The van der Waals surface area contributed by atoms with E-state index in [0.29, 0.717) is 0 Å². The van der Waals surface area contributed by atoms with Gasteiger partial charge in [0, 0.05) is 0 Å². The van der Waals surface area contributed by atoms with E-state index in [0.717, 1.165) is 17.1 Å². The smallest absolute Gasteiger partial charge is 0.161 e. The van der Waals surface area contributed by atoms with Crippen molar-refractivity contribution in [1.29, 1.82) is 0 Å². The fourth-order valence-electron chi connectivity index (χ4n) is 1.52. The Kier molecular flexibility index (Phi) is 3.83. The van der Waals surface area contributed by atoms with Crippen molar-refractivity contribution in [2.75, 3.05) is 14.2 Å². The molecule has 0 saturated carbocycles. The Morgan fingerprint density at radius 3 is 2.35 bits per heavy atom. The number of benzene rings is 1. The summed E-state index contributed by atoms with van der Waals surface area (Å²) in [5.41, 5.74) is 2.30. The third-order valence-electron chi connectivity index (χ3n) is 2.42. The Bertz CT molecular complexity index is 501. The van der Waals surface area contributed by atoms with Crippen LogP contribution in [0.1, 0.15) is 11.1 Å². The van der Waals surface area contributed by atoms with Gasteiger partial charge in [0.15, 0.2) is 11.5 Å². The maximum Gasteiger partial charge on any atom is 0.161 e. The van der Waals surface area contributed by atoms with Crippen LogP contribution in [0.2, 0.25) is 0 Å². The van der Waals surface area contributed by atoms with E-state index in [1.165, 1.54) is 5.56 Å². The zero-order valence-corrected chi connectivity index (χ0v) is 10.7. The molecular formula is C14H14O2S. The lowest BCUT2D eigenvalue weighted by molar-refractivity contribution is 0.355. The molecule has 88 valence electrons. The van der Waals surface area contributed by atoms with Crippen LogP contribution in [-0.2, 0) is 0 Å². The van der Waals surface area contributed by atoms with Gasteiger partial charge >= 0.3 is 0 Å². The van der Waals surface area contributed by atoms with Crippen LogP contribution in [0.3, 0.4) is 0 Å². The molecule has 2 aromatic rings. The van der Waals surface area contributed by atoms with Crippen LogP contribution in [0, 0.1) is 0 Å². The third-order valence-corrected chi connectivity index (χ3v) is 3.12. The molecule has 0 amide bonds. The molecule has 1 aromatic heterocycles. The van der Waals surface area contributed by atoms with Crippen LogP contribution in [0.5, 0.6) is 11.5 Å². The molecule has 0 aliphatic heterocycles. The lowest BCUT2D eigenvalue weighted by Crippen LogP contribution is -1.90. The molecule has 1 heterocycles. The molecule has 0 unspecified atom stereocenters. The molecular weight excluding hydrogens is 232 g/mol. The average Bonchev–Trinajstić information content (AvgIpc) is 2.89. The topological polar surface area (TPSA) is 18.5 Å². The molecule has 2 rings (SSSR count). The van der Waals surface area contributed by atoms with Crippen molar-refractivity contribution in [3.05, 3.63) is 46.2 Å². The Labute approximate surface area is 105 Å². The standard InChI is InChI=1S/C14H14O2S/c1-15-13-6-5-11(9-14(13)16-2)3-4-12-7-8-17-10-12/h3-10H,1-2H3/b4-3+. The van der Waals surface area contributed by atoms with Crippen LogP contribution in [-0.4, -0.2) is 14.2 Å². The first-order valence-electron chi connectivity index (χ1n) is 5.26. The number of hydrogen-bond donors (Lipinski definition) is 0. The van der Waals surface area contributed by atoms with Crippen molar-refractivity contribution < 1.29 is 9.47 Å². The van der Waals surface area contributed by atoms with Crippen molar-refractivity contribution in [1.82, 2.24) is 0 Å². The highest BCUT2D eigenvalue weighted by atomic mass is 32.1. The minimum absolute atomic E-state index is 0.750. The number of thiophene rings is 1. The van der Waals surface area contributed by atoms with Crippen LogP contribution in [0.15, 0.2) is 35.0 Å². The molecule has 3 heteroatoms. The molecule has 0 aliphatic rings. The Morgan fingerprint density at radius 2 is 1.71 bits per heavy atom. The van der Waals surface area contributed by atoms with Gasteiger partial charge in [0.1, 0.15) is 0 Å². The molecule has 1 aromatic carbocycles. The second-order valence-electron chi connectivity index (χ2n) is 3.50. The first kappa shape index (κ1) is 11.7. The van der Waals surface area contributed by atoms with Gasteiger partial charge in [-0.15, -0.1) is 0 Å². The Morgan fingerprint density at radius 1 is 0.941 bits per heavy atom. The molecule has 0 aliphatic carbocycles. The minimum Gasteiger partial charge on any atom is -0.493 e. The zero-order valence-electron chi connectivity index (χ0n) is 9.84. The predicted octanol–water partition coefficient (Wildman–Crippen LogP) is 3.94. The van der Waals surface area contributed by atoms with E-state index in [1.54, 1.807) is 25.6 Å². The van der Waals surface area contributed by atoms with E-state index in [4.69, 9.17) is 9.47 Å². The van der Waals surface area contributed by atoms with Crippen LogP contribution in [0.25, 0.3) is 12.2 Å². The molecule has 0 bridgehead atoms.